The van der Waals surface area contributed by atoms with Gasteiger partial charge in [0.15, 0.2) is 0 Å². The first-order valence-electron chi connectivity index (χ1n) is 6.38. The fourth-order valence-electron chi connectivity index (χ4n) is 1.89. The van der Waals surface area contributed by atoms with Crippen molar-refractivity contribution in [3.05, 3.63) is 77.9 Å². The first-order chi connectivity index (χ1) is 9.40. The van der Waals surface area contributed by atoms with Crippen LogP contribution < -0.4 is 0 Å². The summed E-state index contributed by atoms with van der Waals surface area (Å²) in [7, 11) is 0. The van der Waals surface area contributed by atoms with Crippen LogP contribution in [-0.4, -0.2) is 10.9 Å². The van der Waals surface area contributed by atoms with Gasteiger partial charge in [0.05, 0.1) is 5.71 Å². The minimum atomic E-state index is 0.721. The summed E-state index contributed by atoms with van der Waals surface area (Å²) in [5, 5.41) is 12.4. The van der Waals surface area contributed by atoms with Gasteiger partial charge in [-0.25, -0.2) is 0 Å². The van der Waals surface area contributed by atoms with E-state index in [0.717, 1.165) is 24.1 Å². The van der Waals surface area contributed by atoms with Crippen LogP contribution in [0.2, 0.25) is 0 Å². The molecule has 0 heterocycles. The zero-order valence-corrected chi connectivity index (χ0v) is 10.7. The summed E-state index contributed by atoms with van der Waals surface area (Å²) in [6, 6.07) is 19.9. The number of hydrogen-bond acceptors (Lipinski definition) is 2. The van der Waals surface area contributed by atoms with Crippen molar-refractivity contribution in [2.75, 3.05) is 0 Å². The maximum Gasteiger partial charge on any atom is 0.0870 e. The lowest BCUT2D eigenvalue weighted by molar-refractivity contribution is 0.318. The molecule has 19 heavy (non-hydrogen) atoms. The summed E-state index contributed by atoms with van der Waals surface area (Å²) in [5.74, 6) is 0. The molecule has 2 heteroatoms. The Morgan fingerprint density at radius 3 is 2.21 bits per heavy atom. The Labute approximate surface area is 113 Å². The first kappa shape index (κ1) is 13.1. The lowest BCUT2D eigenvalue weighted by Gasteiger charge is -2.02. The van der Waals surface area contributed by atoms with Crippen LogP contribution in [0.15, 0.2) is 71.9 Å². The molecule has 2 rings (SSSR count). The molecule has 0 bridgehead atoms. The van der Waals surface area contributed by atoms with Crippen molar-refractivity contribution in [2.24, 2.45) is 5.16 Å². The first-order valence-corrected chi connectivity index (χ1v) is 6.38. The van der Waals surface area contributed by atoms with E-state index in [4.69, 9.17) is 5.21 Å². The van der Waals surface area contributed by atoms with Crippen molar-refractivity contribution >= 4 is 11.8 Å². The van der Waals surface area contributed by atoms with Gasteiger partial charge in [0.2, 0.25) is 0 Å². The maximum atomic E-state index is 9.06. The molecule has 0 aliphatic rings. The van der Waals surface area contributed by atoms with Crippen LogP contribution in [0.5, 0.6) is 0 Å². The third-order valence-electron chi connectivity index (χ3n) is 2.89. The largest absolute Gasteiger partial charge is 0.411 e. The number of benzene rings is 2. The molecule has 0 fully saturated rings. The summed E-state index contributed by atoms with van der Waals surface area (Å²) in [6.45, 7) is 0. The summed E-state index contributed by atoms with van der Waals surface area (Å²) in [5.41, 5.74) is 2.88. The van der Waals surface area contributed by atoms with E-state index in [1.165, 1.54) is 5.56 Å². The predicted molar refractivity (Wildman–Crippen MR) is 79.5 cm³/mol. The summed E-state index contributed by atoms with van der Waals surface area (Å²) in [4.78, 5) is 0. The van der Waals surface area contributed by atoms with Gasteiger partial charge in [-0.15, -0.1) is 0 Å². The molecule has 0 saturated heterocycles. The van der Waals surface area contributed by atoms with Crippen LogP contribution >= 0.6 is 0 Å². The van der Waals surface area contributed by atoms with E-state index in [-0.39, 0.29) is 0 Å². The van der Waals surface area contributed by atoms with E-state index in [2.05, 4.69) is 29.4 Å². The van der Waals surface area contributed by atoms with Crippen molar-refractivity contribution in [1.29, 1.82) is 0 Å². The van der Waals surface area contributed by atoms with Gasteiger partial charge in [-0.2, -0.15) is 0 Å². The summed E-state index contributed by atoms with van der Waals surface area (Å²) in [6.07, 6.45) is 5.76. The molecule has 0 aliphatic carbocycles. The molecule has 96 valence electrons. The molecule has 0 aromatic heterocycles. The van der Waals surface area contributed by atoms with Gasteiger partial charge in [-0.3, -0.25) is 0 Å². The van der Waals surface area contributed by atoms with Gasteiger partial charge in [0.25, 0.3) is 0 Å². The molecule has 2 aromatic rings. The Balaban J connectivity index is 1.90. The van der Waals surface area contributed by atoms with E-state index >= 15 is 0 Å². The van der Waals surface area contributed by atoms with Crippen LogP contribution in [0.25, 0.3) is 6.08 Å². The molecule has 2 aromatic carbocycles. The van der Waals surface area contributed by atoms with Crippen LogP contribution in [0, 0.1) is 0 Å². The topological polar surface area (TPSA) is 32.6 Å². The van der Waals surface area contributed by atoms with Crippen molar-refractivity contribution in [2.45, 2.75) is 12.8 Å². The summed E-state index contributed by atoms with van der Waals surface area (Å²) < 4.78 is 0. The van der Waals surface area contributed by atoms with E-state index in [0.29, 0.717) is 0 Å². The van der Waals surface area contributed by atoms with Crippen LogP contribution in [0.1, 0.15) is 24.0 Å². The third kappa shape index (κ3) is 4.11. The average Bonchev–Trinajstić information content (AvgIpc) is 2.49. The zero-order chi connectivity index (χ0) is 13.3. The normalized spacial score (nSPS) is 11.9. The lowest BCUT2D eigenvalue weighted by atomic mass is 10.1. The molecule has 1 N–H and O–H groups in total. The molecular weight excluding hydrogens is 234 g/mol. The van der Waals surface area contributed by atoms with E-state index < -0.39 is 0 Å². The molecule has 0 unspecified atom stereocenters. The highest BCUT2D eigenvalue weighted by Crippen LogP contribution is 2.08. The van der Waals surface area contributed by atoms with Crippen molar-refractivity contribution in [3.8, 4) is 0 Å². The average molecular weight is 251 g/mol. The second kappa shape index (κ2) is 7.17. The second-order valence-electron chi connectivity index (χ2n) is 4.26. The minimum Gasteiger partial charge on any atom is -0.411 e. The molecule has 0 saturated carbocycles. The number of nitrogens with zero attached hydrogens (tertiary/aromatic N) is 1. The van der Waals surface area contributed by atoms with E-state index in [1.54, 1.807) is 0 Å². The Hall–Kier alpha value is -2.35. The lowest BCUT2D eigenvalue weighted by Crippen LogP contribution is -1.99. The SMILES string of the molecule is O/N=C(/CC/C=C/c1ccccc1)c1ccccc1. The molecular formula is C17H17NO. The van der Waals surface area contributed by atoms with Gasteiger partial charge >= 0.3 is 0 Å². The molecule has 0 amide bonds. The second-order valence-corrected chi connectivity index (χ2v) is 4.26. The van der Waals surface area contributed by atoms with Gasteiger partial charge in [0.1, 0.15) is 0 Å². The van der Waals surface area contributed by atoms with Gasteiger partial charge in [0, 0.05) is 0 Å². The Morgan fingerprint density at radius 2 is 1.58 bits per heavy atom. The number of allylic oxidation sites excluding steroid dienone is 1. The van der Waals surface area contributed by atoms with Gasteiger partial charge < -0.3 is 5.21 Å². The molecule has 0 spiro atoms. The quantitative estimate of drug-likeness (QED) is 0.478. The van der Waals surface area contributed by atoms with E-state index in [1.807, 2.05) is 48.5 Å². The zero-order valence-electron chi connectivity index (χ0n) is 10.7. The third-order valence-corrected chi connectivity index (χ3v) is 2.89. The van der Waals surface area contributed by atoms with Crippen molar-refractivity contribution in [1.82, 2.24) is 0 Å². The highest BCUT2D eigenvalue weighted by atomic mass is 16.4. The van der Waals surface area contributed by atoms with Crippen molar-refractivity contribution in [3.63, 3.8) is 0 Å². The highest BCUT2D eigenvalue weighted by molar-refractivity contribution is 6.00. The highest BCUT2D eigenvalue weighted by Gasteiger charge is 2.01. The Morgan fingerprint density at radius 1 is 0.947 bits per heavy atom. The van der Waals surface area contributed by atoms with Gasteiger partial charge in [-0.1, -0.05) is 78.0 Å². The fraction of sp³-hybridized carbons (Fsp3) is 0.118. The maximum absolute atomic E-state index is 9.06. The summed E-state index contributed by atoms with van der Waals surface area (Å²) >= 11 is 0. The minimum absolute atomic E-state index is 0.721. The number of oxime groups is 1. The molecule has 0 atom stereocenters. The van der Waals surface area contributed by atoms with Crippen molar-refractivity contribution < 1.29 is 5.21 Å². The predicted octanol–water partition coefficient (Wildman–Crippen LogP) is 4.36. The van der Waals surface area contributed by atoms with E-state index in [9.17, 15) is 0 Å². The molecule has 2 nitrogen and oxygen atoms in total. The van der Waals surface area contributed by atoms with Crippen LogP contribution in [0.3, 0.4) is 0 Å². The molecule has 0 aliphatic heterocycles. The smallest absolute Gasteiger partial charge is 0.0870 e. The fourth-order valence-corrected chi connectivity index (χ4v) is 1.89. The standard InChI is InChI=1S/C17H17NO/c19-18-17(16-12-5-2-6-13-16)14-8-7-11-15-9-3-1-4-10-15/h1-7,9-13,19H,8,14H2/b11-7+,18-17-. The van der Waals surface area contributed by atoms with Crippen LogP contribution in [0.4, 0.5) is 0 Å². The number of hydrogen-bond donors (Lipinski definition) is 1. The van der Waals surface area contributed by atoms with Gasteiger partial charge in [-0.05, 0) is 24.0 Å². The number of rotatable bonds is 5. The monoisotopic (exact) mass is 251 g/mol. The Kier molecular flexibility index (Phi) is 4.94. The Bertz CT molecular complexity index is 544. The van der Waals surface area contributed by atoms with Crippen LogP contribution in [-0.2, 0) is 0 Å². The molecule has 0 radical (unpaired) electrons.